The number of ether oxygens (including phenoxy) is 1. The second-order valence-electron chi connectivity index (χ2n) is 4.81. The fourth-order valence-electron chi connectivity index (χ4n) is 2.31. The van der Waals surface area contributed by atoms with E-state index in [2.05, 4.69) is 54.8 Å². The van der Waals surface area contributed by atoms with Crippen molar-refractivity contribution in [2.75, 3.05) is 11.4 Å². The molecule has 1 heterocycles. The summed E-state index contributed by atoms with van der Waals surface area (Å²) in [6, 6.07) is 14.7. The number of para-hydroxylation sites is 1. The average Bonchev–Trinajstić information content (AvgIpc) is 3.23. The van der Waals surface area contributed by atoms with Crippen LogP contribution in [0.2, 0.25) is 0 Å². The van der Waals surface area contributed by atoms with Crippen molar-refractivity contribution in [1.29, 1.82) is 0 Å². The lowest BCUT2D eigenvalue weighted by atomic mass is 10.1. The normalized spacial score (nSPS) is 11.4. The number of aryl methyl sites for hydroxylation is 1. The Labute approximate surface area is 113 Å². The Morgan fingerprint density at radius 1 is 1.11 bits per heavy atom. The minimum absolute atomic E-state index is 0.826. The molecule has 0 amide bonds. The topological polar surface area (TPSA) is 15.8 Å². The van der Waals surface area contributed by atoms with Gasteiger partial charge in [0.05, 0.1) is 0 Å². The van der Waals surface area contributed by atoms with Crippen LogP contribution in [0, 0.1) is 6.92 Å². The zero-order valence-corrected chi connectivity index (χ0v) is 11.1. The van der Waals surface area contributed by atoms with E-state index in [9.17, 15) is 0 Å². The standard InChI is InChI=1S/C17H17NO/c1-3-11-18(15-7-5-4-6-8-15)12-14-10-9-13(2)16-17(14)19-16/h3-10H,1,11-12H2,2H3. The van der Waals surface area contributed by atoms with Crippen LogP contribution in [-0.2, 0) is 6.54 Å². The predicted molar refractivity (Wildman–Crippen MR) is 78.9 cm³/mol. The van der Waals surface area contributed by atoms with Crippen LogP contribution < -0.4 is 9.64 Å². The molecule has 0 unspecified atom stereocenters. The molecule has 2 aromatic rings. The molecule has 19 heavy (non-hydrogen) atoms. The number of nitrogens with zero attached hydrogens (tertiary/aromatic N) is 1. The van der Waals surface area contributed by atoms with Crippen LogP contribution >= 0.6 is 0 Å². The molecule has 0 bridgehead atoms. The highest BCUT2D eigenvalue weighted by molar-refractivity contribution is 5.64. The quantitative estimate of drug-likeness (QED) is 0.496. The van der Waals surface area contributed by atoms with Crippen LogP contribution in [-0.4, -0.2) is 6.54 Å². The predicted octanol–water partition coefficient (Wildman–Crippen LogP) is 4.29. The summed E-state index contributed by atoms with van der Waals surface area (Å²) in [6.07, 6.45) is 1.93. The number of rotatable bonds is 5. The summed E-state index contributed by atoms with van der Waals surface area (Å²) < 4.78 is 5.56. The first-order valence-electron chi connectivity index (χ1n) is 6.51. The summed E-state index contributed by atoms with van der Waals surface area (Å²) in [5.74, 6) is 2.12. The highest BCUT2D eigenvalue weighted by Crippen LogP contribution is 2.51. The van der Waals surface area contributed by atoms with Crippen LogP contribution in [0.25, 0.3) is 0 Å². The molecule has 0 aliphatic carbocycles. The zero-order chi connectivity index (χ0) is 13.2. The SMILES string of the molecule is C=CCN(Cc1ccc(C)c2c1O2)c1ccccc1. The van der Waals surface area contributed by atoms with Crippen molar-refractivity contribution in [1.82, 2.24) is 0 Å². The molecule has 0 N–H and O–H groups in total. The molecule has 0 saturated heterocycles. The third-order valence-corrected chi connectivity index (χ3v) is 3.39. The molecule has 3 rings (SSSR count). The van der Waals surface area contributed by atoms with Crippen LogP contribution in [0.4, 0.5) is 5.69 Å². The average molecular weight is 251 g/mol. The van der Waals surface area contributed by atoms with Gasteiger partial charge in [-0.15, -0.1) is 6.58 Å². The van der Waals surface area contributed by atoms with Crippen LogP contribution in [0.1, 0.15) is 11.1 Å². The Bertz CT molecular complexity index is 604. The first-order valence-corrected chi connectivity index (χ1v) is 6.51. The van der Waals surface area contributed by atoms with E-state index < -0.39 is 0 Å². The van der Waals surface area contributed by atoms with Crippen LogP contribution in [0.5, 0.6) is 11.5 Å². The summed E-state index contributed by atoms with van der Waals surface area (Å²) in [5.41, 5.74) is 3.66. The molecule has 96 valence electrons. The second kappa shape index (κ2) is 4.81. The molecule has 0 aromatic heterocycles. The van der Waals surface area contributed by atoms with E-state index in [-0.39, 0.29) is 0 Å². The van der Waals surface area contributed by atoms with Crippen LogP contribution in [0.3, 0.4) is 0 Å². The molecule has 0 fully saturated rings. The lowest BCUT2D eigenvalue weighted by Crippen LogP contribution is -2.22. The van der Waals surface area contributed by atoms with Gasteiger partial charge in [0.1, 0.15) is 0 Å². The van der Waals surface area contributed by atoms with E-state index in [4.69, 9.17) is 4.74 Å². The van der Waals surface area contributed by atoms with Crippen molar-refractivity contribution < 1.29 is 4.74 Å². The third kappa shape index (κ3) is 2.34. The number of benzene rings is 2. The Morgan fingerprint density at radius 2 is 1.89 bits per heavy atom. The number of anilines is 1. The van der Waals surface area contributed by atoms with E-state index in [1.165, 1.54) is 16.8 Å². The van der Waals surface area contributed by atoms with Gasteiger partial charge < -0.3 is 9.64 Å². The maximum Gasteiger partial charge on any atom is 0.175 e. The van der Waals surface area contributed by atoms with Gasteiger partial charge in [-0.3, -0.25) is 0 Å². The van der Waals surface area contributed by atoms with Gasteiger partial charge in [-0.05, 0) is 24.6 Å². The van der Waals surface area contributed by atoms with Crippen molar-refractivity contribution in [2.45, 2.75) is 13.5 Å². The van der Waals surface area contributed by atoms with E-state index in [1.54, 1.807) is 0 Å². The maximum atomic E-state index is 5.56. The molecule has 2 heteroatoms. The van der Waals surface area contributed by atoms with Gasteiger partial charge in [0.2, 0.25) is 0 Å². The minimum Gasteiger partial charge on any atom is -0.449 e. The lowest BCUT2D eigenvalue weighted by molar-refractivity contribution is 0.639. The van der Waals surface area contributed by atoms with Crippen LogP contribution in [0.15, 0.2) is 55.1 Å². The van der Waals surface area contributed by atoms with Gasteiger partial charge >= 0.3 is 0 Å². The highest BCUT2D eigenvalue weighted by Gasteiger charge is 2.27. The van der Waals surface area contributed by atoms with Gasteiger partial charge in [-0.1, -0.05) is 36.4 Å². The van der Waals surface area contributed by atoms with Gasteiger partial charge in [-0.25, -0.2) is 0 Å². The van der Waals surface area contributed by atoms with E-state index >= 15 is 0 Å². The largest absolute Gasteiger partial charge is 0.449 e. The van der Waals surface area contributed by atoms with E-state index in [1.807, 2.05) is 12.1 Å². The van der Waals surface area contributed by atoms with Crippen molar-refractivity contribution >= 4 is 5.69 Å². The van der Waals surface area contributed by atoms with E-state index in [0.717, 1.165) is 24.6 Å². The second-order valence-corrected chi connectivity index (χ2v) is 4.81. The molecule has 0 atom stereocenters. The molecule has 2 nitrogen and oxygen atoms in total. The zero-order valence-electron chi connectivity index (χ0n) is 11.1. The monoisotopic (exact) mass is 251 g/mol. The van der Waals surface area contributed by atoms with Crippen molar-refractivity contribution in [2.24, 2.45) is 0 Å². The molecule has 0 saturated carbocycles. The van der Waals surface area contributed by atoms with Crippen molar-refractivity contribution in [3.8, 4) is 11.5 Å². The molecule has 1 aliphatic rings. The molecular weight excluding hydrogens is 234 g/mol. The Kier molecular flexibility index (Phi) is 3.00. The first kappa shape index (κ1) is 11.8. The summed E-state index contributed by atoms with van der Waals surface area (Å²) in [5, 5.41) is 0. The third-order valence-electron chi connectivity index (χ3n) is 3.39. The fraction of sp³-hybridized carbons (Fsp3) is 0.176. The Hall–Kier alpha value is -2.22. The van der Waals surface area contributed by atoms with E-state index in [0.29, 0.717) is 0 Å². The minimum atomic E-state index is 0.826. The van der Waals surface area contributed by atoms with Gasteiger partial charge in [-0.2, -0.15) is 0 Å². The van der Waals surface area contributed by atoms with Crippen molar-refractivity contribution in [3.63, 3.8) is 0 Å². The van der Waals surface area contributed by atoms with Gasteiger partial charge in [0.15, 0.2) is 11.5 Å². The Balaban J connectivity index is 1.85. The van der Waals surface area contributed by atoms with Gasteiger partial charge in [0, 0.05) is 24.3 Å². The maximum absolute atomic E-state index is 5.56. The summed E-state index contributed by atoms with van der Waals surface area (Å²) in [4.78, 5) is 2.29. The summed E-state index contributed by atoms with van der Waals surface area (Å²) in [6.45, 7) is 7.59. The summed E-state index contributed by atoms with van der Waals surface area (Å²) in [7, 11) is 0. The fourth-order valence-corrected chi connectivity index (χ4v) is 2.31. The Morgan fingerprint density at radius 3 is 2.63 bits per heavy atom. The van der Waals surface area contributed by atoms with Crippen molar-refractivity contribution in [3.05, 3.63) is 66.2 Å². The smallest absolute Gasteiger partial charge is 0.175 e. The number of fused-ring (bicyclic) bond motifs is 1. The molecule has 0 radical (unpaired) electrons. The molecule has 0 spiro atoms. The number of hydrogen-bond donors (Lipinski definition) is 0. The number of hydrogen-bond acceptors (Lipinski definition) is 2. The molecular formula is C17H17NO. The lowest BCUT2D eigenvalue weighted by Gasteiger charge is -2.23. The van der Waals surface area contributed by atoms with Gasteiger partial charge in [0.25, 0.3) is 0 Å². The molecule has 1 aliphatic heterocycles. The first-order chi connectivity index (χ1) is 9.29. The summed E-state index contributed by atoms with van der Waals surface area (Å²) >= 11 is 0. The molecule has 2 aromatic carbocycles. The highest BCUT2D eigenvalue weighted by atomic mass is 16.6.